The summed E-state index contributed by atoms with van der Waals surface area (Å²) in [7, 11) is 0. The number of aromatic nitrogens is 1. The van der Waals surface area contributed by atoms with Crippen molar-refractivity contribution < 1.29 is 24.4 Å². The highest BCUT2D eigenvalue weighted by molar-refractivity contribution is 6.32. The van der Waals surface area contributed by atoms with Crippen molar-refractivity contribution in [3.05, 3.63) is 105 Å². The van der Waals surface area contributed by atoms with Gasteiger partial charge in [0.2, 0.25) is 0 Å². The number of aliphatic hydroxyl groups excluding tert-OH is 1. The van der Waals surface area contributed by atoms with E-state index in [0.717, 1.165) is 92.8 Å². The number of nitriles is 1. The van der Waals surface area contributed by atoms with Crippen molar-refractivity contribution in [1.82, 2.24) is 14.8 Å². The van der Waals surface area contributed by atoms with Crippen molar-refractivity contribution in [3.63, 3.8) is 0 Å². The van der Waals surface area contributed by atoms with Crippen LogP contribution in [0.15, 0.2) is 67.0 Å². The van der Waals surface area contributed by atoms with Crippen LogP contribution in [-0.2, 0) is 19.6 Å². The lowest BCUT2D eigenvalue weighted by Gasteiger charge is -2.36. The second-order valence-electron chi connectivity index (χ2n) is 15.4. The third-order valence-electron chi connectivity index (χ3n) is 11.3. The monoisotopic (exact) mass is 750 g/mol. The fourth-order valence-corrected chi connectivity index (χ4v) is 8.20. The van der Waals surface area contributed by atoms with Crippen LogP contribution in [0.2, 0.25) is 5.02 Å². The molecule has 0 bridgehead atoms. The van der Waals surface area contributed by atoms with Crippen LogP contribution in [-0.4, -0.2) is 76.0 Å². The van der Waals surface area contributed by atoms with E-state index in [1.165, 1.54) is 22.9 Å². The number of nitrogens with zero attached hydrogens (tertiary/aromatic N) is 4. The summed E-state index contributed by atoms with van der Waals surface area (Å²) < 4.78 is 19.5. The summed E-state index contributed by atoms with van der Waals surface area (Å²) in [4.78, 5) is 8.93. The number of hydrogen-bond acceptors (Lipinski definition) is 9. The highest BCUT2D eigenvalue weighted by Gasteiger charge is 2.30. The molecule has 284 valence electrons. The minimum atomic E-state index is -0.643. The van der Waals surface area contributed by atoms with Gasteiger partial charge in [0, 0.05) is 68.9 Å². The highest BCUT2D eigenvalue weighted by atomic mass is 35.5. The molecule has 54 heavy (non-hydrogen) atoms. The van der Waals surface area contributed by atoms with Gasteiger partial charge in [-0.3, -0.25) is 9.88 Å². The largest absolute Gasteiger partial charge is 0.493 e. The van der Waals surface area contributed by atoms with E-state index < -0.39 is 5.60 Å². The zero-order valence-electron chi connectivity index (χ0n) is 31.4. The van der Waals surface area contributed by atoms with Gasteiger partial charge in [0.1, 0.15) is 36.0 Å². The molecular formula is C44H51ClN4O5. The smallest absolute Gasteiger partial charge is 0.142 e. The van der Waals surface area contributed by atoms with Gasteiger partial charge in [0.25, 0.3) is 0 Å². The Bertz CT molecular complexity index is 1960. The third-order valence-corrected chi connectivity index (χ3v) is 11.5. The fourth-order valence-electron chi connectivity index (χ4n) is 7.97. The number of likely N-dealkylation sites (tertiary alicyclic amines) is 2. The maximum atomic E-state index is 10.5. The van der Waals surface area contributed by atoms with E-state index in [1.54, 1.807) is 12.3 Å². The number of pyridine rings is 1. The first-order chi connectivity index (χ1) is 26.2. The molecule has 4 aromatic rings. The van der Waals surface area contributed by atoms with Crippen molar-refractivity contribution in [3.8, 4) is 34.4 Å². The molecule has 1 aromatic heterocycles. The first-order valence-corrected chi connectivity index (χ1v) is 19.7. The van der Waals surface area contributed by atoms with Gasteiger partial charge in [-0.05, 0) is 105 Å². The lowest BCUT2D eigenvalue weighted by atomic mass is 9.93. The van der Waals surface area contributed by atoms with Gasteiger partial charge in [-0.2, -0.15) is 5.26 Å². The molecule has 7 rings (SSSR count). The lowest BCUT2D eigenvalue weighted by molar-refractivity contribution is -0.00746. The Hall–Kier alpha value is -4.17. The Labute approximate surface area is 324 Å². The van der Waals surface area contributed by atoms with E-state index >= 15 is 0 Å². The first-order valence-electron chi connectivity index (χ1n) is 19.3. The normalized spacial score (nSPS) is 18.9. The predicted molar refractivity (Wildman–Crippen MR) is 210 cm³/mol. The zero-order valence-corrected chi connectivity index (χ0v) is 32.2. The molecule has 0 spiro atoms. The molecule has 2 saturated heterocycles. The quantitative estimate of drug-likeness (QED) is 0.132. The minimum absolute atomic E-state index is 0.151. The summed E-state index contributed by atoms with van der Waals surface area (Å²) in [6.45, 7) is 10.00. The van der Waals surface area contributed by atoms with Crippen LogP contribution in [0.5, 0.6) is 17.2 Å². The summed E-state index contributed by atoms with van der Waals surface area (Å²) in [5, 5.41) is 30.2. The molecule has 0 radical (unpaired) electrons. The highest BCUT2D eigenvalue weighted by Crippen LogP contribution is 2.44. The standard InChI is InChI=1S/C44H51ClN4O5/c1-30-35(6-4-9-40(30)52-21-5-16-48-17-12-34(50)13-18-48)36-7-3-8-38-37(36)10-11-41(38)54-43-24-42(53-29-32-22-31(25-46)26-47-27-32)33(23-39(43)45)28-49-19-14-44(2,51)15-20-49/h3-4,6-9,22-24,26-27,34,41,50-51H,5,10-21,28-29H2,1-2H3/t41-/m0/s1. The average Bonchev–Trinajstić information content (AvgIpc) is 3.59. The molecule has 1 atom stereocenters. The number of halogens is 1. The second-order valence-corrected chi connectivity index (χ2v) is 15.8. The zero-order chi connectivity index (χ0) is 37.7. The van der Waals surface area contributed by atoms with Crippen LogP contribution < -0.4 is 14.2 Å². The SMILES string of the molecule is Cc1c(OCCCN2CCC(O)CC2)cccc1-c1cccc2c1CC[C@@H]2Oc1cc(OCc2cncc(C#N)c2)c(CN2CCC(C)(O)CC2)cc1Cl. The van der Waals surface area contributed by atoms with E-state index in [1.807, 2.05) is 19.1 Å². The Morgan fingerprint density at radius 3 is 2.50 bits per heavy atom. The van der Waals surface area contributed by atoms with E-state index in [9.17, 15) is 15.5 Å². The Morgan fingerprint density at radius 2 is 1.70 bits per heavy atom. The average molecular weight is 751 g/mol. The summed E-state index contributed by atoms with van der Waals surface area (Å²) in [6.07, 6.45) is 8.69. The van der Waals surface area contributed by atoms with Crippen molar-refractivity contribution >= 4 is 11.6 Å². The third kappa shape index (κ3) is 9.19. The number of benzene rings is 3. The molecule has 10 heteroatoms. The summed E-state index contributed by atoms with van der Waals surface area (Å²) in [5.74, 6) is 2.15. The molecule has 2 aliphatic heterocycles. The Kier molecular flexibility index (Phi) is 12.1. The van der Waals surface area contributed by atoms with Gasteiger partial charge in [0.05, 0.1) is 28.9 Å². The van der Waals surface area contributed by atoms with Gasteiger partial charge in [-0.1, -0.05) is 41.9 Å². The molecule has 3 heterocycles. The van der Waals surface area contributed by atoms with Crippen LogP contribution in [0.3, 0.4) is 0 Å². The number of ether oxygens (including phenoxy) is 3. The number of piperidine rings is 2. The van der Waals surface area contributed by atoms with Crippen molar-refractivity contribution in [2.75, 3.05) is 39.3 Å². The van der Waals surface area contributed by atoms with Gasteiger partial charge in [-0.15, -0.1) is 0 Å². The maximum Gasteiger partial charge on any atom is 0.142 e. The van der Waals surface area contributed by atoms with Crippen LogP contribution >= 0.6 is 11.6 Å². The van der Waals surface area contributed by atoms with E-state index in [2.05, 4.69) is 64.2 Å². The molecule has 3 aromatic carbocycles. The van der Waals surface area contributed by atoms with Crippen molar-refractivity contribution in [1.29, 1.82) is 5.26 Å². The van der Waals surface area contributed by atoms with Crippen LogP contribution in [0.25, 0.3) is 11.1 Å². The fraction of sp³-hybridized carbons (Fsp3) is 0.455. The number of fused-ring (bicyclic) bond motifs is 1. The molecule has 2 fully saturated rings. The Balaban J connectivity index is 1.07. The van der Waals surface area contributed by atoms with Crippen molar-refractivity contribution in [2.24, 2.45) is 0 Å². The molecule has 0 saturated carbocycles. The first kappa shape index (κ1) is 38.1. The molecule has 1 aliphatic carbocycles. The van der Waals surface area contributed by atoms with E-state index in [-0.39, 0.29) is 18.8 Å². The minimum Gasteiger partial charge on any atom is -0.493 e. The van der Waals surface area contributed by atoms with Gasteiger partial charge < -0.3 is 29.3 Å². The van der Waals surface area contributed by atoms with Gasteiger partial charge in [-0.25, -0.2) is 0 Å². The lowest BCUT2D eigenvalue weighted by Crippen LogP contribution is -2.42. The topological polar surface area (TPSA) is 111 Å². The number of aliphatic hydroxyl groups is 2. The van der Waals surface area contributed by atoms with Crippen molar-refractivity contribution in [2.45, 2.75) is 89.8 Å². The van der Waals surface area contributed by atoms with Crippen LogP contribution in [0, 0.1) is 18.3 Å². The van der Waals surface area contributed by atoms with E-state index in [0.29, 0.717) is 48.1 Å². The molecule has 0 amide bonds. The summed E-state index contributed by atoms with van der Waals surface area (Å²) in [6, 6.07) is 20.6. The van der Waals surface area contributed by atoms with Gasteiger partial charge >= 0.3 is 0 Å². The molecule has 2 N–H and O–H groups in total. The maximum absolute atomic E-state index is 10.5. The summed E-state index contributed by atoms with van der Waals surface area (Å²) in [5.41, 5.74) is 7.52. The molecule has 9 nitrogen and oxygen atoms in total. The molecule has 0 unspecified atom stereocenters. The molecule has 3 aliphatic rings. The van der Waals surface area contributed by atoms with Gasteiger partial charge in [0.15, 0.2) is 0 Å². The number of rotatable bonds is 13. The Morgan fingerprint density at radius 1 is 0.926 bits per heavy atom. The predicted octanol–water partition coefficient (Wildman–Crippen LogP) is 7.80. The van der Waals surface area contributed by atoms with Crippen LogP contribution in [0.4, 0.5) is 0 Å². The number of hydrogen-bond donors (Lipinski definition) is 2. The molecular weight excluding hydrogens is 700 g/mol. The van der Waals surface area contributed by atoms with Crippen LogP contribution in [0.1, 0.15) is 84.9 Å². The summed E-state index contributed by atoms with van der Waals surface area (Å²) >= 11 is 6.98. The van der Waals surface area contributed by atoms with E-state index in [4.69, 9.17) is 25.8 Å². The second kappa shape index (κ2) is 17.1.